The molecule has 0 fully saturated rings. The highest BCUT2D eigenvalue weighted by Gasteiger charge is 2.34. The molecule has 1 N–H and O–H groups in total. The number of rotatable bonds is 2. The highest BCUT2D eigenvalue weighted by molar-refractivity contribution is 5.24. The molecule has 0 amide bonds. The van der Waals surface area contributed by atoms with E-state index < -0.39 is 5.60 Å². The highest BCUT2D eigenvalue weighted by atomic mass is 16.5. The van der Waals surface area contributed by atoms with Gasteiger partial charge < -0.3 is 9.84 Å². The summed E-state index contributed by atoms with van der Waals surface area (Å²) in [6, 6.07) is 0. The third-order valence-corrected chi connectivity index (χ3v) is 3.20. The van der Waals surface area contributed by atoms with E-state index in [2.05, 4.69) is 13.0 Å². The number of hydrogen-bond acceptors (Lipinski definition) is 2. The van der Waals surface area contributed by atoms with Crippen molar-refractivity contribution in [1.29, 1.82) is 0 Å². The summed E-state index contributed by atoms with van der Waals surface area (Å²) in [6.07, 6.45) is 10.0. The average Bonchev–Trinajstić information content (AvgIpc) is 2.72. The van der Waals surface area contributed by atoms with E-state index in [1.54, 1.807) is 0 Å². The van der Waals surface area contributed by atoms with Crippen molar-refractivity contribution < 1.29 is 9.84 Å². The van der Waals surface area contributed by atoms with Gasteiger partial charge in [0.1, 0.15) is 11.4 Å². The predicted molar refractivity (Wildman–Crippen MR) is 55.8 cm³/mol. The molecule has 0 aromatic heterocycles. The first kappa shape index (κ1) is 9.78. The molecule has 0 bridgehead atoms. The summed E-state index contributed by atoms with van der Waals surface area (Å²) < 4.78 is 5.42. The first-order valence-corrected chi connectivity index (χ1v) is 5.50. The summed E-state index contributed by atoms with van der Waals surface area (Å²) in [4.78, 5) is 0. The maximum absolute atomic E-state index is 10.3. The van der Waals surface area contributed by atoms with Crippen molar-refractivity contribution in [2.45, 2.75) is 38.2 Å². The second-order valence-corrected chi connectivity index (χ2v) is 4.20. The molecular weight excluding hydrogens is 176 g/mol. The first-order valence-electron chi connectivity index (χ1n) is 5.50. The summed E-state index contributed by atoms with van der Waals surface area (Å²) in [5.41, 5.74) is -0.803. The lowest BCUT2D eigenvalue weighted by atomic mass is 9.83. The van der Waals surface area contributed by atoms with Gasteiger partial charge in [0.2, 0.25) is 0 Å². The van der Waals surface area contributed by atoms with Gasteiger partial charge in [-0.2, -0.15) is 0 Å². The third-order valence-electron chi connectivity index (χ3n) is 3.20. The maximum atomic E-state index is 10.3. The van der Waals surface area contributed by atoms with E-state index in [1.165, 1.54) is 0 Å². The largest absolute Gasteiger partial charge is 0.495 e. The minimum absolute atomic E-state index is 0.636. The summed E-state index contributed by atoms with van der Waals surface area (Å²) in [5, 5.41) is 10.3. The van der Waals surface area contributed by atoms with Crippen LogP contribution in [0.5, 0.6) is 0 Å². The Hall–Kier alpha value is -0.760. The molecule has 2 unspecified atom stereocenters. The van der Waals surface area contributed by atoms with Crippen LogP contribution >= 0.6 is 0 Å². The fraction of sp³-hybridized carbons (Fsp3) is 0.667. The van der Waals surface area contributed by atoms with Crippen LogP contribution in [-0.2, 0) is 4.74 Å². The van der Waals surface area contributed by atoms with Crippen molar-refractivity contribution in [3.8, 4) is 0 Å². The quantitative estimate of drug-likeness (QED) is 0.684. The highest BCUT2D eigenvalue weighted by Crippen LogP contribution is 2.35. The van der Waals surface area contributed by atoms with Crippen LogP contribution < -0.4 is 0 Å². The van der Waals surface area contributed by atoms with E-state index >= 15 is 0 Å². The van der Waals surface area contributed by atoms with Crippen LogP contribution in [0.25, 0.3) is 0 Å². The van der Waals surface area contributed by atoms with Crippen LogP contribution in [0.4, 0.5) is 0 Å². The Morgan fingerprint density at radius 3 is 3.00 bits per heavy atom. The lowest BCUT2D eigenvalue weighted by molar-refractivity contribution is 0.0423. The average molecular weight is 194 g/mol. The lowest BCUT2D eigenvalue weighted by Crippen LogP contribution is -2.32. The number of allylic oxidation sites excluding steroid dienone is 1. The molecule has 78 valence electrons. The van der Waals surface area contributed by atoms with Gasteiger partial charge in [-0.3, -0.25) is 0 Å². The Bertz CT molecular complexity index is 267. The van der Waals surface area contributed by atoms with Crippen LogP contribution in [-0.4, -0.2) is 17.3 Å². The van der Waals surface area contributed by atoms with Crippen LogP contribution in [0.2, 0.25) is 0 Å². The van der Waals surface area contributed by atoms with Crippen LogP contribution in [0.3, 0.4) is 0 Å². The van der Waals surface area contributed by atoms with Crippen molar-refractivity contribution in [2.75, 3.05) is 6.61 Å². The Morgan fingerprint density at radius 2 is 2.50 bits per heavy atom. The van der Waals surface area contributed by atoms with E-state index in [9.17, 15) is 5.11 Å². The van der Waals surface area contributed by atoms with Crippen molar-refractivity contribution in [3.05, 3.63) is 24.0 Å². The van der Waals surface area contributed by atoms with Crippen molar-refractivity contribution in [2.24, 2.45) is 5.92 Å². The number of aliphatic hydroxyl groups is 1. The Balaban J connectivity index is 2.10. The minimum atomic E-state index is -0.803. The summed E-state index contributed by atoms with van der Waals surface area (Å²) >= 11 is 0. The molecule has 2 aliphatic rings. The van der Waals surface area contributed by atoms with Gasteiger partial charge in [-0.25, -0.2) is 0 Å². The fourth-order valence-corrected chi connectivity index (χ4v) is 2.15. The monoisotopic (exact) mass is 194 g/mol. The van der Waals surface area contributed by atoms with Gasteiger partial charge in [0.05, 0.1) is 6.61 Å². The zero-order chi connectivity index (χ0) is 10.0. The van der Waals surface area contributed by atoms with Crippen LogP contribution in [0, 0.1) is 5.92 Å². The molecule has 0 aromatic carbocycles. The normalized spacial score (nSPS) is 36.7. The third kappa shape index (κ3) is 1.71. The van der Waals surface area contributed by atoms with E-state index in [1.807, 2.05) is 12.2 Å². The molecule has 0 radical (unpaired) electrons. The minimum Gasteiger partial charge on any atom is -0.495 e. The zero-order valence-corrected chi connectivity index (χ0v) is 8.70. The summed E-state index contributed by atoms with van der Waals surface area (Å²) in [5.74, 6) is 1.40. The molecular formula is C12H18O2. The SMILES string of the molecule is CCC1C=CC(O)(C2=CCCO2)CC1. The van der Waals surface area contributed by atoms with Crippen molar-refractivity contribution >= 4 is 0 Å². The molecule has 0 saturated heterocycles. The Labute approximate surface area is 85.3 Å². The number of ether oxygens (including phenoxy) is 1. The molecule has 2 heteroatoms. The van der Waals surface area contributed by atoms with Gasteiger partial charge >= 0.3 is 0 Å². The molecule has 1 aliphatic heterocycles. The molecule has 0 aromatic rings. The smallest absolute Gasteiger partial charge is 0.139 e. The van der Waals surface area contributed by atoms with Crippen LogP contribution in [0.1, 0.15) is 32.6 Å². The van der Waals surface area contributed by atoms with Gasteiger partial charge in [0, 0.05) is 6.42 Å². The van der Waals surface area contributed by atoms with Gasteiger partial charge in [0.25, 0.3) is 0 Å². The van der Waals surface area contributed by atoms with Gasteiger partial charge in [-0.15, -0.1) is 0 Å². The second-order valence-electron chi connectivity index (χ2n) is 4.20. The molecule has 2 rings (SSSR count). The van der Waals surface area contributed by atoms with Gasteiger partial charge in [0.15, 0.2) is 0 Å². The molecule has 2 atom stereocenters. The van der Waals surface area contributed by atoms with E-state index in [0.717, 1.165) is 38.0 Å². The van der Waals surface area contributed by atoms with Gasteiger partial charge in [-0.1, -0.05) is 13.0 Å². The summed E-state index contributed by atoms with van der Waals surface area (Å²) in [7, 11) is 0. The lowest BCUT2D eigenvalue weighted by Gasteiger charge is -2.31. The molecule has 0 saturated carbocycles. The summed E-state index contributed by atoms with van der Waals surface area (Å²) in [6.45, 7) is 2.91. The topological polar surface area (TPSA) is 29.5 Å². The predicted octanol–water partition coefficient (Wildman–Crippen LogP) is 2.40. The molecule has 2 nitrogen and oxygen atoms in total. The van der Waals surface area contributed by atoms with Crippen molar-refractivity contribution in [1.82, 2.24) is 0 Å². The van der Waals surface area contributed by atoms with Crippen molar-refractivity contribution in [3.63, 3.8) is 0 Å². The standard InChI is InChI=1S/C12H18O2/c1-2-10-5-7-12(13,8-6-10)11-4-3-9-14-11/h4-5,7,10,13H,2-3,6,8-9H2,1H3. The molecule has 14 heavy (non-hydrogen) atoms. The molecule has 0 spiro atoms. The van der Waals surface area contributed by atoms with Crippen LogP contribution in [0.15, 0.2) is 24.0 Å². The zero-order valence-electron chi connectivity index (χ0n) is 8.70. The number of hydrogen-bond donors (Lipinski definition) is 1. The first-order chi connectivity index (χ1) is 6.74. The van der Waals surface area contributed by atoms with E-state index in [-0.39, 0.29) is 0 Å². The fourth-order valence-electron chi connectivity index (χ4n) is 2.15. The second kappa shape index (κ2) is 3.77. The van der Waals surface area contributed by atoms with Gasteiger partial charge in [-0.05, 0) is 37.3 Å². The maximum Gasteiger partial charge on any atom is 0.139 e. The molecule has 1 heterocycles. The Morgan fingerprint density at radius 1 is 1.64 bits per heavy atom. The van der Waals surface area contributed by atoms with E-state index in [4.69, 9.17) is 4.74 Å². The van der Waals surface area contributed by atoms with E-state index in [0.29, 0.717) is 5.92 Å². The molecule has 1 aliphatic carbocycles. The Kier molecular flexibility index (Phi) is 2.64.